The van der Waals surface area contributed by atoms with Crippen LogP contribution in [0.3, 0.4) is 0 Å². The molecule has 0 aliphatic heterocycles. The number of nitrogens with one attached hydrogen (secondary N) is 1. The van der Waals surface area contributed by atoms with Crippen molar-refractivity contribution in [2.24, 2.45) is 0 Å². The molecule has 0 aliphatic carbocycles. The lowest BCUT2D eigenvalue weighted by Gasteiger charge is -2.09. The van der Waals surface area contributed by atoms with Gasteiger partial charge in [0, 0.05) is 10.9 Å². The molecule has 0 saturated carbocycles. The standard InChI is InChI=1S/C17H13N3O2/c18-17-14-8-13(16-2-1-7-22-16)12(9-15(14)19-20-17)10-3-5-11(21)6-4-10/h1-9,21H,(H3,18,19,20). The average Bonchev–Trinajstić information content (AvgIpc) is 3.17. The largest absolute Gasteiger partial charge is 0.508 e. The van der Waals surface area contributed by atoms with E-state index in [1.54, 1.807) is 18.4 Å². The first-order chi connectivity index (χ1) is 10.7. The molecule has 0 aliphatic rings. The van der Waals surface area contributed by atoms with Crippen LogP contribution < -0.4 is 5.73 Å². The third-order valence-corrected chi connectivity index (χ3v) is 3.70. The molecular weight excluding hydrogens is 278 g/mol. The van der Waals surface area contributed by atoms with Crippen LogP contribution in [0.5, 0.6) is 5.75 Å². The number of nitrogens with zero attached hydrogens (tertiary/aromatic N) is 1. The first-order valence-corrected chi connectivity index (χ1v) is 6.83. The lowest BCUT2D eigenvalue weighted by molar-refractivity contribution is 0.475. The van der Waals surface area contributed by atoms with E-state index in [1.165, 1.54) is 0 Å². The number of aromatic amines is 1. The first-order valence-electron chi connectivity index (χ1n) is 6.83. The topological polar surface area (TPSA) is 88.1 Å². The minimum atomic E-state index is 0.232. The highest BCUT2D eigenvalue weighted by molar-refractivity contribution is 5.98. The molecule has 2 aromatic heterocycles. The van der Waals surface area contributed by atoms with E-state index < -0.39 is 0 Å². The number of phenols is 1. The summed E-state index contributed by atoms with van der Waals surface area (Å²) in [5.74, 6) is 1.45. The van der Waals surface area contributed by atoms with E-state index in [2.05, 4.69) is 10.2 Å². The van der Waals surface area contributed by atoms with Crippen molar-refractivity contribution in [1.29, 1.82) is 0 Å². The maximum atomic E-state index is 9.48. The van der Waals surface area contributed by atoms with E-state index in [0.29, 0.717) is 5.82 Å². The number of hydrogen-bond acceptors (Lipinski definition) is 4. The minimum Gasteiger partial charge on any atom is -0.508 e. The molecule has 2 aromatic carbocycles. The summed E-state index contributed by atoms with van der Waals surface area (Å²) in [4.78, 5) is 0. The Balaban J connectivity index is 2.02. The lowest BCUT2D eigenvalue weighted by Crippen LogP contribution is -1.87. The second-order valence-electron chi connectivity index (χ2n) is 5.08. The Hall–Kier alpha value is -3.21. The number of phenolic OH excluding ortho intramolecular Hbond substituents is 1. The number of benzene rings is 2. The van der Waals surface area contributed by atoms with Crippen LogP contribution in [-0.4, -0.2) is 15.3 Å². The van der Waals surface area contributed by atoms with Crippen LogP contribution in [0.4, 0.5) is 5.82 Å². The molecule has 0 amide bonds. The van der Waals surface area contributed by atoms with E-state index >= 15 is 0 Å². The van der Waals surface area contributed by atoms with Crippen molar-refractivity contribution in [3.63, 3.8) is 0 Å². The van der Waals surface area contributed by atoms with Crippen LogP contribution in [0.15, 0.2) is 59.2 Å². The fourth-order valence-corrected chi connectivity index (χ4v) is 2.60. The van der Waals surface area contributed by atoms with Crippen molar-refractivity contribution in [3.8, 4) is 28.2 Å². The summed E-state index contributed by atoms with van der Waals surface area (Å²) in [6, 6.07) is 14.8. The highest BCUT2D eigenvalue weighted by Gasteiger charge is 2.14. The van der Waals surface area contributed by atoms with Gasteiger partial charge >= 0.3 is 0 Å². The molecule has 4 N–H and O–H groups in total. The Morgan fingerprint density at radius 2 is 1.86 bits per heavy atom. The Labute approximate surface area is 126 Å². The summed E-state index contributed by atoms with van der Waals surface area (Å²) in [6.07, 6.45) is 1.64. The Morgan fingerprint density at radius 1 is 1.05 bits per heavy atom. The molecule has 4 rings (SSSR count). The van der Waals surface area contributed by atoms with Gasteiger partial charge < -0.3 is 15.3 Å². The molecule has 4 aromatic rings. The summed E-state index contributed by atoms with van der Waals surface area (Å²) >= 11 is 0. The molecule has 2 heterocycles. The van der Waals surface area contributed by atoms with Gasteiger partial charge in [0.25, 0.3) is 0 Å². The molecule has 22 heavy (non-hydrogen) atoms. The number of furan rings is 1. The molecule has 0 atom stereocenters. The fourth-order valence-electron chi connectivity index (χ4n) is 2.60. The van der Waals surface area contributed by atoms with Gasteiger partial charge in [0.05, 0.1) is 11.8 Å². The van der Waals surface area contributed by atoms with Crippen LogP contribution in [0.25, 0.3) is 33.4 Å². The number of fused-ring (bicyclic) bond motifs is 1. The van der Waals surface area contributed by atoms with Gasteiger partial charge in [0.2, 0.25) is 0 Å². The molecule has 0 bridgehead atoms. The number of anilines is 1. The van der Waals surface area contributed by atoms with E-state index in [4.69, 9.17) is 10.2 Å². The van der Waals surface area contributed by atoms with Crippen LogP contribution in [0, 0.1) is 0 Å². The third-order valence-electron chi connectivity index (χ3n) is 3.70. The van der Waals surface area contributed by atoms with Gasteiger partial charge in [-0.3, -0.25) is 5.10 Å². The van der Waals surface area contributed by atoms with E-state index in [0.717, 1.165) is 33.4 Å². The Kier molecular flexibility index (Phi) is 2.66. The first kappa shape index (κ1) is 12.5. The Morgan fingerprint density at radius 3 is 2.59 bits per heavy atom. The zero-order chi connectivity index (χ0) is 15.1. The molecule has 0 fully saturated rings. The van der Waals surface area contributed by atoms with Gasteiger partial charge in [0.15, 0.2) is 5.82 Å². The minimum absolute atomic E-state index is 0.232. The van der Waals surface area contributed by atoms with E-state index in [1.807, 2.05) is 36.4 Å². The normalized spacial score (nSPS) is 11.1. The van der Waals surface area contributed by atoms with Crippen molar-refractivity contribution in [3.05, 3.63) is 54.8 Å². The summed E-state index contributed by atoms with van der Waals surface area (Å²) in [5, 5.41) is 17.3. The molecule has 0 saturated heterocycles. The van der Waals surface area contributed by atoms with Crippen LogP contribution in [0.2, 0.25) is 0 Å². The number of rotatable bonds is 2. The second-order valence-corrected chi connectivity index (χ2v) is 5.08. The van der Waals surface area contributed by atoms with Gasteiger partial charge in [-0.25, -0.2) is 0 Å². The molecule has 0 radical (unpaired) electrons. The maximum absolute atomic E-state index is 9.48. The summed E-state index contributed by atoms with van der Waals surface area (Å²) < 4.78 is 5.55. The lowest BCUT2D eigenvalue weighted by atomic mass is 9.96. The van der Waals surface area contributed by atoms with Crippen LogP contribution in [-0.2, 0) is 0 Å². The number of aromatic nitrogens is 2. The SMILES string of the molecule is Nc1n[nH]c2cc(-c3ccc(O)cc3)c(-c3ccco3)cc12. The maximum Gasteiger partial charge on any atom is 0.153 e. The Bertz CT molecular complexity index is 938. The monoisotopic (exact) mass is 291 g/mol. The van der Waals surface area contributed by atoms with Gasteiger partial charge in [-0.05, 0) is 47.5 Å². The zero-order valence-electron chi connectivity index (χ0n) is 11.6. The summed E-state index contributed by atoms with van der Waals surface area (Å²) in [6.45, 7) is 0. The predicted octanol–water partition coefficient (Wildman–Crippen LogP) is 3.78. The van der Waals surface area contributed by atoms with Gasteiger partial charge in [-0.2, -0.15) is 5.10 Å². The summed E-state index contributed by atoms with van der Waals surface area (Å²) in [5.41, 5.74) is 9.63. The molecular formula is C17H13N3O2. The van der Waals surface area contributed by atoms with Crippen molar-refractivity contribution in [2.75, 3.05) is 5.73 Å². The second kappa shape index (κ2) is 4.66. The number of hydrogen-bond donors (Lipinski definition) is 3. The highest BCUT2D eigenvalue weighted by Crippen LogP contribution is 2.37. The summed E-state index contributed by atoms with van der Waals surface area (Å²) in [7, 11) is 0. The molecule has 0 spiro atoms. The van der Waals surface area contributed by atoms with E-state index in [9.17, 15) is 5.11 Å². The number of aromatic hydroxyl groups is 1. The molecule has 5 nitrogen and oxygen atoms in total. The van der Waals surface area contributed by atoms with Gasteiger partial charge in [-0.15, -0.1) is 0 Å². The molecule has 5 heteroatoms. The average molecular weight is 291 g/mol. The molecule has 0 unspecified atom stereocenters. The number of nitrogen functional groups attached to an aromatic ring is 1. The van der Waals surface area contributed by atoms with Gasteiger partial charge in [-0.1, -0.05) is 12.1 Å². The van der Waals surface area contributed by atoms with Gasteiger partial charge in [0.1, 0.15) is 11.5 Å². The fraction of sp³-hybridized carbons (Fsp3) is 0. The predicted molar refractivity (Wildman–Crippen MR) is 85.3 cm³/mol. The molecule has 108 valence electrons. The van der Waals surface area contributed by atoms with Crippen LogP contribution >= 0.6 is 0 Å². The number of H-pyrrole nitrogens is 1. The van der Waals surface area contributed by atoms with Crippen molar-refractivity contribution < 1.29 is 9.52 Å². The quantitative estimate of drug-likeness (QED) is 0.524. The highest BCUT2D eigenvalue weighted by atomic mass is 16.3. The third kappa shape index (κ3) is 1.91. The van der Waals surface area contributed by atoms with E-state index in [-0.39, 0.29) is 5.75 Å². The van der Waals surface area contributed by atoms with Crippen molar-refractivity contribution in [2.45, 2.75) is 0 Å². The van der Waals surface area contributed by atoms with Crippen LogP contribution in [0.1, 0.15) is 0 Å². The van der Waals surface area contributed by atoms with Crippen molar-refractivity contribution in [1.82, 2.24) is 10.2 Å². The number of nitrogens with two attached hydrogens (primary N) is 1. The zero-order valence-corrected chi connectivity index (χ0v) is 11.6. The smallest absolute Gasteiger partial charge is 0.153 e. The van der Waals surface area contributed by atoms with Crippen molar-refractivity contribution >= 4 is 16.7 Å².